The fourth-order valence-electron chi connectivity index (χ4n) is 3.91. The van der Waals surface area contributed by atoms with Crippen LogP contribution in [0.25, 0.3) is 0 Å². The zero-order valence-electron chi connectivity index (χ0n) is 19.2. The Morgan fingerprint density at radius 2 is 1.52 bits per heavy atom. The van der Waals surface area contributed by atoms with Crippen LogP contribution in [0.2, 0.25) is 15.1 Å². The molecule has 2 aliphatic heterocycles. The average Bonchev–Trinajstić information content (AvgIpc) is 2.83. The van der Waals surface area contributed by atoms with Gasteiger partial charge in [0.2, 0.25) is 0 Å². The topological polar surface area (TPSA) is 38.8 Å². The maximum Gasteiger partial charge on any atom is 0.321 e. The summed E-state index contributed by atoms with van der Waals surface area (Å²) >= 11 is 17.6. The number of piperidine rings is 1. The number of carbonyl (C=O) groups is 1. The van der Waals surface area contributed by atoms with Crippen molar-refractivity contribution < 1.29 is 4.79 Å². The van der Waals surface area contributed by atoms with Crippen molar-refractivity contribution in [3.05, 3.63) is 63.1 Å². The number of anilines is 1. The summed E-state index contributed by atoms with van der Waals surface area (Å²) < 4.78 is 0. The van der Waals surface area contributed by atoms with Crippen LogP contribution in [0.1, 0.15) is 24.8 Å². The van der Waals surface area contributed by atoms with E-state index in [4.69, 9.17) is 34.8 Å². The van der Waals surface area contributed by atoms with Crippen molar-refractivity contribution in [2.75, 3.05) is 58.2 Å². The molecule has 2 saturated heterocycles. The standard InChI is InChI=1S/C13H18ClN.C12H15Cl2N3O/c14-13-6-4-12(5-7-13)8-11-15-9-2-1-3-10-15;1-16-4-6-17(7-5-16)12(18)15-9-2-3-10(13)11(14)8-9/h4-7H,1-3,8-11H2;2-3,8H,4-7H2,1H3,(H,15,18). The molecule has 0 spiro atoms. The fourth-order valence-corrected chi connectivity index (χ4v) is 4.33. The Kier molecular flexibility index (Phi) is 10.6. The van der Waals surface area contributed by atoms with Crippen molar-refractivity contribution in [2.45, 2.75) is 25.7 Å². The summed E-state index contributed by atoms with van der Waals surface area (Å²) in [6, 6.07) is 13.2. The molecule has 2 heterocycles. The number of hydrogen-bond donors (Lipinski definition) is 1. The number of carbonyl (C=O) groups excluding carboxylic acids is 1. The van der Waals surface area contributed by atoms with Crippen molar-refractivity contribution in [1.29, 1.82) is 0 Å². The monoisotopic (exact) mass is 510 g/mol. The number of piperazine rings is 1. The molecule has 180 valence electrons. The first-order chi connectivity index (χ1) is 15.9. The van der Waals surface area contributed by atoms with Crippen LogP contribution in [-0.4, -0.2) is 73.6 Å². The SMILES string of the molecule is CN1CCN(C(=O)Nc2ccc(Cl)c(Cl)c2)CC1.Clc1ccc(CCN2CCCCC2)cc1. The molecule has 0 aromatic heterocycles. The van der Waals surface area contributed by atoms with Crippen LogP contribution in [0.5, 0.6) is 0 Å². The number of hydrogen-bond acceptors (Lipinski definition) is 3. The summed E-state index contributed by atoms with van der Waals surface area (Å²) in [5.41, 5.74) is 2.05. The minimum Gasteiger partial charge on any atom is -0.322 e. The maximum atomic E-state index is 12.0. The molecule has 4 rings (SSSR count). The molecule has 0 saturated carbocycles. The van der Waals surface area contributed by atoms with E-state index in [9.17, 15) is 4.79 Å². The molecule has 2 aromatic carbocycles. The van der Waals surface area contributed by atoms with Crippen LogP contribution in [0.3, 0.4) is 0 Å². The van der Waals surface area contributed by atoms with E-state index in [1.54, 1.807) is 23.1 Å². The van der Waals surface area contributed by atoms with E-state index in [1.165, 1.54) is 44.5 Å². The number of nitrogens with one attached hydrogen (secondary N) is 1. The van der Waals surface area contributed by atoms with E-state index in [1.807, 2.05) is 19.2 Å². The number of rotatable bonds is 4. The first kappa shape index (κ1) is 26.1. The molecule has 0 unspecified atom stereocenters. The van der Waals surface area contributed by atoms with E-state index in [0.29, 0.717) is 15.7 Å². The molecule has 2 amide bonds. The third kappa shape index (κ3) is 8.99. The Morgan fingerprint density at radius 1 is 0.848 bits per heavy atom. The molecule has 0 aliphatic carbocycles. The van der Waals surface area contributed by atoms with Crippen molar-refractivity contribution in [3.8, 4) is 0 Å². The number of halogens is 3. The number of benzene rings is 2. The Labute approximate surface area is 212 Å². The largest absolute Gasteiger partial charge is 0.322 e. The Morgan fingerprint density at radius 3 is 2.15 bits per heavy atom. The van der Waals surface area contributed by atoms with Gasteiger partial charge in [-0.3, -0.25) is 0 Å². The summed E-state index contributed by atoms with van der Waals surface area (Å²) in [6.07, 6.45) is 5.32. The lowest BCUT2D eigenvalue weighted by atomic mass is 10.1. The molecule has 2 aromatic rings. The summed E-state index contributed by atoms with van der Waals surface area (Å²) in [5, 5.41) is 4.57. The highest BCUT2D eigenvalue weighted by atomic mass is 35.5. The zero-order chi connectivity index (χ0) is 23.6. The molecule has 0 radical (unpaired) electrons. The Balaban J connectivity index is 0.000000189. The minimum absolute atomic E-state index is 0.0958. The van der Waals surface area contributed by atoms with Gasteiger partial charge in [-0.2, -0.15) is 0 Å². The lowest BCUT2D eigenvalue weighted by Gasteiger charge is -2.32. The van der Waals surface area contributed by atoms with Gasteiger partial charge in [0.25, 0.3) is 0 Å². The number of likely N-dealkylation sites (tertiary alicyclic amines) is 1. The Bertz CT molecular complexity index is 880. The molecule has 2 aliphatic rings. The number of likely N-dealkylation sites (N-methyl/N-ethyl adjacent to an activating group) is 1. The van der Waals surface area contributed by atoms with Gasteiger partial charge in [0.15, 0.2) is 0 Å². The number of amides is 2. The van der Waals surface area contributed by atoms with Gasteiger partial charge in [0.05, 0.1) is 10.0 Å². The predicted octanol–water partition coefficient (Wildman–Crippen LogP) is 6.14. The van der Waals surface area contributed by atoms with E-state index >= 15 is 0 Å². The van der Waals surface area contributed by atoms with E-state index in [-0.39, 0.29) is 6.03 Å². The second kappa shape index (κ2) is 13.4. The highest BCUT2D eigenvalue weighted by molar-refractivity contribution is 6.42. The van der Waals surface area contributed by atoms with Gasteiger partial charge in [-0.25, -0.2) is 4.79 Å². The fraction of sp³-hybridized carbons (Fsp3) is 0.480. The zero-order valence-corrected chi connectivity index (χ0v) is 21.5. The van der Waals surface area contributed by atoms with Gasteiger partial charge in [-0.15, -0.1) is 0 Å². The van der Waals surface area contributed by atoms with Gasteiger partial charge < -0.3 is 20.0 Å². The quantitative estimate of drug-likeness (QED) is 0.536. The number of nitrogens with zero attached hydrogens (tertiary/aromatic N) is 3. The average molecular weight is 512 g/mol. The molecule has 0 bridgehead atoms. The third-order valence-corrected chi connectivity index (χ3v) is 7.03. The highest BCUT2D eigenvalue weighted by Gasteiger charge is 2.19. The van der Waals surface area contributed by atoms with Crippen molar-refractivity contribution in [2.24, 2.45) is 0 Å². The Hall–Kier alpha value is -1.50. The second-order valence-electron chi connectivity index (χ2n) is 8.63. The van der Waals surface area contributed by atoms with Crippen LogP contribution >= 0.6 is 34.8 Å². The summed E-state index contributed by atoms with van der Waals surface area (Å²) in [7, 11) is 2.05. The van der Waals surface area contributed by atoms with Gasteiger partial charge in [0.1, 0.15) is 0 Å². The van der Waals surface area contributed by atoms with Crippen molar-refractivity contribution in [1.82, 2.24) is 14.7 Å². The van der Waals surface area contributed by atoms with Crippen molar-refractivity contribution >= 4 is 46.5 Å². The highest BCUT2D eigenvalue weighted by Crippen LogP contribution is 2.25. The molecule has 0 atom stereocenters. The first-order valence-corrected chi connectivity index (χ1v) is 12.7. The molecule has 1 N–H and O–H groups in total. The lowest BCUT2D eigenvalue weighted by Crippen LogP contribution is -2.48. The molecule has 5 nitrogen and oxygen atoms in total. The van der Waals surface area contributed by atoms with Gasteiger partial charge >= 0.3 is 6.03 Å². The third-order valence-electron chi connectivity index (χ3n) is 6.04. The lowest BCUT2D eigenvalue weighted by molar-refractivity contribution is 0.164. The first-order valence-electron chi connectivity index (χ1n) is 11.6. The van der Waals surface area contributed by atoms with Crippen molar-refractivity contribution in [3.63, 3.8) is 0 Å². The van der Waals surface area contributed by atoms with Crippen LogP contribution in [0.4, 0.5) is 10.5 Å². The maximum absolute atomic E-state index is 12.0. The van der Waals surface area contributed by atoms with Gasteiger partial charge in [-0.1, -0.05) is 53.4 Å². The predicted molar refractivity (Wildman–Crippen MR) is 140 cm³/mol. The summed E-state index contributed by atoms with van der Waals surface area (Å²) in [4.78, 5) is 18.5. The van der Waals surface area contributed by atoms with E-state index in [2.05, 4.69) is 27.2 Å². The molecule has 8 heteroatoms. The van der Waals surface area contributed by atoms with Crippen LogP contribution in [0.15, 0.2) is 42.5 Å². The van der Waals surface area contributed by atoms with Gasteiger partial charge in [-0.05, 0) is 75.3 Å². The van der Waals surface area contributed by atoms with E-state index < -0.39 is 0 Å². The minimum atomic E-state index is -0.0958. The van der Waals surface area contributed by atoms with Gasteiger partial charge in [0, 0.05) is 43.4 Å². The summed E-state index contributed by atoms with van der Waals surface area (Å²) in [5.74, 6) is 0. The molecule has 2 fully saturated rings. The van der Waals surface area contributed by atoms with Crippen LogP contribution < -0.4 is 5.32 Å². The molecular formula is C25H33Cl3N4O. The number of urea groups is 1. The van der Waals surface area contributed by atoms with Crippen LogP contribution in [0, 0.1) is 0 Å². The second-order valence-corrected chi connectivity index (χ2v) is 9.88. The summed E-state index contributed by atoms with van der Waals surface area (Å²) in [6.45, 7) is 7.04. The molecule has 33 heavy (non-hydrogen) atoms. The smallest absolute Gasteiger partial charge is 0.321 e. The van der Waals surface area contributed by atoms with E-state index in [0.717, 1.165) is 37.6 Å². The van der Waals surface area contributed by atoms with Crippen LogP contribution in [-0.2, 0) is 6.42 Å². The molecular weight excluding hydrogens is 479 g/mol. The normalized spacial score (nSPS) is 17.3.